The summed E-state index contributed by atoms with van der Waals surface area (Å²) >= 11 is 0. The summed E-state index contributed by atoms with van der Waals surface area (Å²) in [5.41, 5.74) is -0.850. The monoisotopic (exact) mass is 260 g/mol. The third-order valence-corrected chi connectivity index (χ3v) is 3.36. The number of nitrogens with one attached hydrogen (secondary N) is 1. The topological polar surface area (TPSA) is 61.8 Å². The molecule has 0 saturated heterocycles. The predicted octanol–water partition coefficient (Wildman–Crippen LogP) is 1.19. The lowest BCUT2D eigenvalue weighted by atomic mass is 9.97. The van der Waals surface area contributed by atoms with Crippen LogP contribution in [0, 0.1) is 0 Å². The number of carbonyl (C=O) groups is 1. The van der Waals surface area contributed by atoms with Gasteiger partial charge in [-0.2, -0.15) is 0 Å². The molecule has 2 N–H and O–H groups in total. The molecule has 0 saturated carbocycles. The molecule has 0 aliphatic rings. The van der Waals surface area contributed by atoms with Crippen LogP contribution in [0.5, 0.6) is 0 Å². The van der Waals surface area contributed by atoms with Crippen LogP contribution in [0.2, 0.25) is 0 Å². The molecule has 0 rings (SSSR count). The Kier molecular flexibility index (Phi) is 8.15. The third kappa shape index (κ3) is 5.80. The summed E-state index contributed by atoms with van der Waals surface area (Å²) in [6, 6.07) is 0.291. The number of hydrogen-bond donors (Lipinski definition) is 2. The third-order valence-electron chi connectivity index (χ3n) is 3.36. The van der Waals surface area contributed by atoms with Crippen molar-refractivity contribution in [2.75, 3.05) is 33.9 Å². The van der Waals surface area contributed by atoms with Crippen LogP contribution < -0.4 is 5.32 Å². The van der Waals surface area contributed by atoms with Gasteiger partial charge in [0.05, 0.1) is 6.61 Å². The number of carboxylic acid groups (broad SMARTS) is 1. The van der Waals surface area contributed by atoms with Crippen LogP contribution >= 0.6 is 0 Å². The molecule has 5 heteroatoms. The zero-order valence-electron chi connectivity index (χ0n) is 12.3. The first-order valence-electron chi connectivity index (χ1n) is 6.55. The summed E-state index contributed by atoms with van der Waals surface area (Å²) in [7, 11) is 3.67. The average Bonchev–Trinajstić information content (AvgIpc) is 2.33. The van der Waals surface area contributed by atoms with Crippen LogP contribution in [0.25, 0.3) is 0 Å². The molecule has 2 unspecified atom stereocenters. The van der Waals surface area contributed by atoms with Gasteiger partial charge in [-0.05, 0) is 40.3 Å². The lowest BCUT2D eigenvalue weighted by Crippen LogP contribution is -2.52. The van der Waals surface area contributed by atoms with Gasteiger partial charge in [0.15, 0.2) is 0 Å². The number of aliphatic carboxylic acids is 1. The summed E-state index contributed by atoms with van der Waals surface area (Å²) in [4.78, 5) is 13.5. The first kappa shape index (κ1) is 17.4. The van der Waals surface area contributed by atoms with Crippen LogP contribution in [0.3, 0.4) is 0 Å². The molecule has 0 aromatic carbocycles. The standard InChI is InChI=1S/C13H28N2O3/c1-6-8-14-13(3,12(16)17)7-9-15(4)11(2)10-18-5/h11,14H,6-10H2,1-5H3,(H,16,17). The summed E-state index contributed by atoms with van der Waals surface area (Å²) in [6.07, 6.45) is 1.51. The second-order valence-corrected chi connectivity index (χ2v) is 5.10. The van der Waals surface area contributed by atoms with Crippen LogP contribution in [-0.4, -0.2) is 61.4 Å². The molecule has 0 aliphatic carbocycles. The van der Waals surface area contributed by atoms with Gasteiger partial charge in [0, 0.05) is 19.7 Å². The first-order chi connectivity index (χ1) is 8.37. The number of rotatable bonds is 10. The molecule has 0 radical (unpaired) electrons. The molecule has 0 amide bonds. The summed E-state index contributed by atoms with van der Waals surface area (Å²) in [6.45, 7) is 7.95. The molecule has 2 atom stereocenters. The van der Waals surface area contributed by atoms with Gasteiger partial charge in [0.2, 0.25) is 0 Å². The van der Waals surface area contributed by atoms with Gasteiger partial charge in [-0.25, -0.2) is 0 Å². The maximum atomic E-state index is 11.3. The van der Waals surface area contributed by atoms with Crippen LogP contribution in [0.1, 0.15) is 33.6 Å². The van der Waals surface area contributed by atoms with E-state index in [4.69, 9.17) is 4.74 Å². The smallest absolute Gasteiger partial charge is 0.323 e. The van der Waals surface area contributed by atoms with E-state index in [1.807, 2.05) is 14.0 Å². The highest BCUT2D eigenvalue weighted by Gasteiger charge is 2.32. The fraction of sp³-hybridized carbons (Fsp3) is 0.923. The Morgan fingerprint density at radius 3 is 2.61 bits per heavy atom. The van der Waals surface area contributed by atoms with Crippen molar-refractivity contribution in [3.63, 3.8) is 0 Å². The summed E-state index contributed by atoms with van der Waals surface area (Å²) in [5.74, 6) is -0.788. The minimum Gasteiger partial charge on any atom is -0.480 e. The van der Waals surface area contributed by atoms with Gasteiger partial charge >= 0.3 is 5.97 Å². The molecule has 0 aromatic heterocycles. The molecule has 0 fully saturated rings. The zero-order chi connectivity index (χ0) is 14.2. The molecule has 0 heterocycles. The van der Waals surface area contributed by atoms with Gasteiger partial charge in [0.1, 0.15) is 5.54 Å². The van der Waals surface area contributed by atoms with Crippen molar-refractivity contribution in [2.45, 2.75) is 45.2 Å². The van der Waals surface area contributed by atoms with E-state index in [2.05, 4.69) is 17.1 Å². The minimum absolute atomic E-state index is 0.291. The van der Waals surface area contributed by atoms with Crippen molar-refractivity contribution in [3.05, 3.63) is 0 Å². The normalized spacial score (nSPS) is 16.6. The molecule has 0 aliphatic heterocycles. The summed E-state index contributed by atoms with van der Waals surface area (Å²) < 4.78 is 5.10. The Bertz CT molecular complexity index is 248. The Balaban J connectivity index is 4.30. The highest BCUT2D eigenvalue weighted by atomic mass is 16.5. The molecule has 18 heavy (non-hydrogen) atoms. The van der Waals surface area contributed by atoms with Crippen molar-refractivity contribution >= 4 is 5.97 Å². The molecule has 5 nitrogen and oxygen atoms in total. The van der Waals surface area contributed by atoms with Crippen molar-refractivity contribution in [2.24, 2.45) is 0 Å². The van der Waals surface area contributed by atoms with Crippen molar-refractivity contribution in [1.29, 1.82) is 0 Å². The molecular weight excluding hydrogens is 232 g/mol. The number of ether oxygens (including phenoxy) is 1. The number of hydrogen-bond acceptors (Lipinski definition) is 4. The van der Waals surface area contributed by atoms with Gasteiger partial charge in [-0.15, -0.1) is 0 Å². The van der Waals surface area contributed by atoms with E-state index in [0.717, 1.165) is 19.5 Å². The summed E-state index contributed by atoms with van der Waals surface area (Å²) in [5, 5.41) is 12.4. The van der Waals surface area contributed by atoms with E-state index >= 15 is 0 Å². The molecule has 0 aromatic rings. The minimum atomic E-state index is -0.850. The molecular formula is C13H28N2O3. The second-order valence-electron chi connectivity index (χ2n) is 5.10. The van der Waals surface area contributed by atoms with E-state index in [9.17, 15) is 9.90 Å². The lowest BCUT2D eigenvalue weighted by molar-refractivity contribution is -0.144. The van der Waals surface area contributed by atoms with Gasteiger partial charge in [-0.1, -0.05) is 6.92 Å². The van der Waals surface area contributed by atoms with E-state index in [0.29, 0.717) is 19.1 Å². The number of nitrogens with zero attached hydrogens (tertiary/aromatic N) is 1. The fourth-order valence-corrected chi connectivity index (χ4v) is 1.66. The highest BCUT2D eigenvalue weighted by molar-refractivity contribution is 5.78. The van der Waals surface area contributed by atoms with Gasteiger partial charge < -0.3 is 20.1 Å². The maximum absolute atomic E-state index is 11.3. The number of carboxylic acids is 1. The second kappa shape index (κ2) is 8.45. The Morgan fingerprint density at radius 2 is 2.17 bits per heavy atom. The van der Waals surface area contributed by atoms with Crippen molar-refractivity contribution in [3.8, 4) is 0 Å². The first-order valence-corrected chi connectivity index (χ1v) is 6.55. The predicted molar refractivity (Wildman–Crippen MR) is 72.9 cm³/mol. The zero-order valence-corrected chi connectivity index (χ0v) is 12.3. The average molecular weight is 260 g/mol. The molecule has 0 bridgehead atoms. The van der Waals surface area contributed by atoms with Gasteiger partial charge in [0.25, 0.3) is 0 Å². The fourth-order valence-electron chi connectivity index (χ4n) is 1.66. The van der Waals surface area contributed by atoms with E-state index in [1.54, 1.807) is 14.0 Å². The maximum Gasteiger partial charge on any atom is 0.323 e. The largest absolute Gasteiger partial charge is 0.480 e. The number of likely N-dealkylation sites (N-methyl/N-ethyl adjacent to an activating group) is 1. The van der Waals surface area contributed by atoms with Crippen molar-refractivity contribution in [1.82, 2.24) is 10.2 Å². The van der Waals surface area contributed by atoms with Crippen LogP contribution in [-0.2, 0) is 9.53 Å². The molecule has 108 valence electrons. The Hall–Kier alpha value is -0.650. The van der Waals surface area contributed by atoms with Crippen molar-refractivity contribution < 1.29 is 14.6 Å². The Morgan fingerprint density at radius 1 is 1.56 bits per heavy atom. The quantitative estimate of drug-likeness (QED) is 0.618. The Labute approximate surface area is 110 Å². The lowest BCUT2D eigenvalue weighted by Gasteiger charge is -2.31. The number of methoxy groups -OCH3 is 1. The highest BCUT2D eigenvalue weighted by Crippen LogP contribution is 2.12. The van der Waals surface area contributed by atoms with Gasteiger partial charge in [-0.3, -0.25) is 4.79 Å². The van der Waals surface area contributed by atoms with E-state index in [1.165, 1.54) is 0 Å². The molecule has 0 spiro atoms. The van der Waals surface area contributed by atoms with Crippen LogP contribution in [0.15, 0.2) is 0 Å². The van der Waals surface area contributed by atoms with E-state index in [-0.39, 0.29) is 0 Å². The van der Waals surface area contributed by atoms with Crippen LogP contribution in [0.4, 0.5) is 0 Å². The SMILES string of the molecule is CCCNC(C)(CCN(C)C(C)COC)C(=O)O. The van der Waals surface area contributed by atoms with E-state index < -0.39 is 11.5 Å².